The van der Waals surface area contributed by atoms with Crippen molar-refractivity contribution in [1.82, 2.24) is 9.80 Å². The van der Waals surface area contributed by atoms with E-state index in [9.17, 15) is 0 Å². The Hall–Kier alpha value is -2.82. The van der Waals surface area contributed by atoms with E-state index in [1.807, 2.05) is 6.07 Å². The van der Waals surface area contributed by atoms with Gasteiger partial charge < -0.3 is 9.47 Å². The normalized spacial score (nSPS) is 17.3. The van der Waals surface area contributed by atoms with Gasteiger partial charge in [-0.15, -0.1) is 0 Å². The van der Waals surface area contributed by atoms with Crippen molar-refractivity contribution in [3.63, 3.8) is 0 Å². The third-order valence-electron chi connectivity index (χ3n) is 5.52. The first-order chi connectivity index (χ1) is 13.9. The molecule has 4 heteroatoms. The molecule has 0 N–H and O–H groups in total. The smallest absolute Gasteiger partial charge is 0.231 e. The summed E-state index contributed by atoms with van der Waals surface area (Å²) in [6.45, 7) is 4.27. The second kappa shape index (κ2) is 7.66. The topological polar surface area (TPSA) is 24.9 Å². The summed E-state index contributed by atoms with van der Waals surface area (Å²) < 4.78 is 11.2. The molecule has 0 atom stereocenters. The lowest BCUT2D eigenvalue weighted by atomic mass is 10.1. The number of fused-ring (bicyclic) bond motifs is 1. The van der Waals surface area contributed by atoms with Crippen molar-refractivity contribution in [2.24, 2.45) is 0 Å². The summed E-state index contributed by atoms with van der Waals surface area (Å²) in [5.41, 5.74) is 3.94. The van der Waals surface area contributed by atoms with Crippen molar-refractivity contribution >= 4 is 0 Å². The maximum atomic E-state index is 5.65. The molecule has 0 spiro atoms. The van der Waals surface area contributed by atoms with Crippen LogP contribution in [0.1, 0.15) is 22.9 Å². The van der Waals surface area contributed by atoms with Crippen LogP contribution in [0, 0.1) is 0 Å². The summed E-state index contributed by atoms with van der Waals surface area (Å²) in [6, 6.07) is 27.8. The van der Waals surface area contributed by atoms with Gasteiger partial charge in [-0.3, -0.25) is 9.80 Å². The Kier molecular flexibility index (Phi) is 4.73. The predicted molar refractivity (Wildman–Crippen MR) is 109 cm³/mol. The molecule has 5 rings (SSSR count). The summed E-state index contributed by atoms with van der Waals surface area (Å²) in [6.07, 6.45) is 0.218. The minimum atomic E-state index is 0.218. The van der Waals surface area contributed by atoms with Crippen molar-refractivity contribution in [3.05, 3.63) is 95.6 Å². The molecule has 0 amide bonds. The molecule has 142 valence electrons. The first kappa shape index (κ1) is 17.3. The van der Waals surface area contributed by atoms with Gasteiger partial charge in [0.2, 0.25) is 6.79 Å². The summed E-state index contributed by atoms with van der Waals surface area (Å²) in [5, 5.41) is 0. The largest absolute Gasteiger partial charge is 0.454 e. The molecule has 1 saturated heterocycles. The Morgan fingerprint density at radius 3 is 1.86 bits per heavy atom. The van der Waals surface area contributed by atoms with E-state index >= 15 is 0 Å². The molecular weight excluding hydrogens is 348 g/mol. The zero-order chi connectivity index (χ0) is 18.8. The molecule has 0 aliphatic carbocycles. The van der Waals surface area contributed by atoms with Gasteiger partial charge in [0.25, 0.3) is 0 Å². The van der Waals surface area contributed by atoms with E-state index in [2.05, 4.69) is 82.6 Å². The van der Waals surface area contributed by atoms with E-state index in [4.69, 9.17) is 9.47 Å². The SMILES string of the molecule is c1ccc(CN2CCN(Cc3ccccc3)C2c2ccc3c(c2)OCO3)cc1. The standard InChI is InChI=1S/C24H24N2O2/c1-3-7-19(8-4-1)16-25-13-14-26(17-20-9-5-2-6-10-20)24(25)21-11-12-22-23(15-21)28-18-27-22/h1-12,15,24H,13-14,16-18H2. The Labute approximate surface area is 165 Å². The molecule has 0 aromatic heterocycles. The molecule has 28 heavy (non-hydrogen) atoms. The van der Waals surface area contributed by atoms with Crippen LogP contribution >= 0.6 is 0 Å². The highest BCUT2D eigenvalue weighted by atomic mass is 16.7. The van der Waals surface area contributed by atoms with Gasteiger partial charge in [-0.05, 0) is 28.8 Å². The molecule has 0 saturated carbocycles. The van der Waals surface area contributed by atoms with Gasteiger partial charge in [-0.25, -0.2) is 0 Å². The van der Waals surface area contributed by atoms with E-state index < -0.39 is 0 Å². The second-order valence-electron chi connectivity index (χ2n) is 7.40. The highest BCUT2D eigenvalue weighted by Crippen LogP contribution is 2.39. The van der Waals surface area contributed by atoms with Crippen LogP contribution in [0.2, 0.25) is 0 Å². The van der Waals surface area contributed by atoms with Crippen molar-refractivity contribution in [2.45, 2.75) is 19.3 Å². The highest BCUT2D eigenvalue weighted by molar-refractivity contribution is 5.45. The van der Waals surface area contributed by atoms with Crippen molar-refractivity contribution in [3.8, 4) is 11.5 Å². The molecule has 2 aliphatic rings. The lowest BCUT2D eigenvalue weighted by molar-refractivity contribution is 0.125. The van der Waals surface area contributed by atoms with Crippen LogP contribution in [0.25, 0.3) is 0 Å². The van der Waals surface area contributed by atoms with Crippen LogP contribution in [0.15, 0.2) is 78.9 Å². The first-order valence-corrected chi connectivity index (χ1v) is 9.82. The fourth-order valence-electron chi connectivity index (χ4n) is 4.19. The minimum absolute atomic E-state index is 0.218. The highest BCUT2D eigenvalue weighted by Gasteiger charge is 2.34. The van der Waals surface area contributed by atoms with Crippen LogP contribution in [0.3, 0.4) is 0 Å². The number of hydrogen-bond donors (Lipinski definition) is 0. The number of hydrogen-bond acceptors (Lipinski definition) is 4. The lowest BCUT2D eigenvalue weighted by Crippen LogP contribution is -2.30. The fourth-order valence-corrected chi connectivity index (χ4v) is 4.19. The maximum absolute atomic E-state index is 5.65. The second-order valence-corrected chi connectivity index (χ2v) is 7.40. The molecule has 0 radical (unpaired) electrons. The van der Waals surface area contributed by atoms with Crippen LogP contribution in [-0.2, 0) is 13.1 Å². The molecule has 0 bridgehead atoms. The lowest BCUT2D eigenvalue weighted by Gasteiger charge is -2.31. The molecular formula is C24H24N2O2. The van der Waals surface area contributed by atoms with E-state index in [0.717, 1.165) is 37.7 Å². The van der Waals surface area contributed by atoms with Crippen molar-refractivity contribution in [2.75, 3.05) is 19.9 Å². The predicted octanol–water partition coefficient (Wildman–Crippen LogP) is 4.43. The summed E-state index contributed by atoms with van der Waals surface area (Å²) in [7, 11) is 0. The summed E-state index contributed by atoms with van der Waals surface area (Å²) in [5.74, 6) is 1.69. The summed E-state index contributed by atoms with van der Waals surface area (Å²) >= 11 is 0. The van der Waals surface area contributed by atoms with Gasteiger partial charge in [0.15, 0.2) is 11.5 Å². The third-order valence-corrected chi connectivity index (χ3v) is 5.52. The fraction of sp³-hybridized carbons (Fsp3) is 0.250. The average molecular weight is 372 g/mol. The molecule has 4 nitrogen and oxygen atoms in total. The molecule has 0 unspecified atom stereocenters. The Bertz CT molecular complexity index is 880. The van der Waals surface area contributed by atoms with Gasteiger partial charge >= 0.3 is 0 Å². The Morgan fingerprint density at radius 1 is 0.679 bits per heavy atom. The summed E-state index contributed by atoms with van der Waals surface area (Å²) in [4.78, 5) is 5.10. The Balaban J connectivity index is 1.45. The van der Waals surface area contributed by atoms with Gasteiger partial charge in [-0.1, -0.05) is 66.7 Å². The van der Waals surface area contributed by atoms with Crippen molar-refractivity contribution in [1.29, 1.82) is 0 Å². The third kappa shape index (κ3) is 3.49. The number of rotatable bonds is 5. The molecule has 1 fully saturated rings. The number of ether oxygens (including phenoxy) is 2. The van der Waals surface area contributed by atoms with E-state index in [1.54, 1.807) is 0 Å². The van der Waals surface area contributed by atoms with Crippen molar-refractivity contribution < 1.29 is 9.47 Å². The average Bonchev–Trinajstić information content (AvgIpc) is 3.36. The van der Waals surface area contributed by atoms with E-state index in [0.29, 0.717) is 6.79 Å². The van der Waals surface area contributed by atoms with Gasteiger partial charge in [0, 0.05) is 26.2 Å². The monoisotopic (exact) mass is 372 g/mol. The zero-order valence-electron chi connectivity index (χ0n) is 15.8. The quantitative estimate of drug-likeness (QED) is 0.661. The first-order valence-electron chi connectivity index (χ1n) is 9.82. The Morgan fingerprint density at radius 2 is 1.25 bits per heavy atom. The number of nitrogens with zero attached hydrogens (tertiary/aromatic N) is 2. The minimum Gasteiger partial charge on any atom is -0.454 e. The van der Waals surface area contributed by atoms with Crippen LogP contribution in [0.5, 0.6) is 11.5 Å². The van der Waals surface area contributed by atoms with E-state index in [-0.39, 0.29) is 6.17 Å². The zero-order valence-corrected chi connectivity index (χ0v) is 15.8. The van der Waals surface area contributed by atoms with Gasteiger partial charge in [0.05, 0.1) is 6.17 Å². The van der Waals surface area contributed by atoms with Crippen LogP contribution in [0.4, 0.5) is 0 Å². The van der Waals surface area contributed by atoms with Gasteiger partial charge in [-0.2, -0.15) is 0 Å². The number of benzene rings is 3. The van der Waals surface area contributed by atoms with Crippen LogP contribution in [-0.4, -0.2) is 29.7 Å². The van der Waals surface area contributed by atoms with E-state index in [1.165, 1.54) is 16.7 Å². The van der Waals surface area contributed by atoms with Crippen LogP contribution < -0.4 is 9.47 Å². The molecule has 3 aromatic carbocycles. The molecule has 2 aliphatic heterocycles. The van der Waals surface area contributed by atoms with Gasteiger partial charge in [0.1, 0.15) is 0 Å². The molecule has 2 heterocycles. The molecule has 3 aromatic rings. The maximum Gasteiger partial charge on any atom is 0.231 e.